The summed E-state index contributed by atoms with van der Waals surface area (Å²) in [4.78, 5) is 44.9. The van der Waals surface area contributed by atoms with Gasteiger partial charge in [-0.05, 0) is 37.3 Å². The van der Waals surface area contributed by atoms with Crippen LogP contribution in [0.5, 0.6) is 11.5 Å². The van der Waals surface area contributed by atoms with Crippen molar-refractivity contribution in [3.05, 3.63) is 102 Å². The van der Waals surface area contributed by atoms with Crippen molar-refractivity contribution in [3.63, 3.8) is 0 Å². The number of carbonyl (C=O) groups is 3. The highest BCUT2D eigenvalue weighted by atomic mass is 16.5. The van der Waals surface area contributed by atoms with Crippen LogP contribution in [0, 0.1) is 6.92 Å². The van der Waals surface area contributed by atoms with Crippen LogP contribution in [0.15, 0.2) is 85.1 Å². The molecule has 53 heavy (non-hydrogen) atoms. The molecule has 13 heteroatoms. The highest BCUT2D eigenvalue weighted by Gasteiger charge is 2.22. The summed E-state index contributed by atoms with van der Waals surface area (Å²) in [5.74, 6) is 1.03. The van der Waals surface area contributed by atoms with Crippen molar-refractivity contribution in [2.75, 3.05) is 56.6 Å². The Balaban J connectivity index is 1.08. The van der Waals surface area contributed by atoms with E-state index < -0.39 is 6.03 Å². The van der Waals surface area contributed by atoms with E-state index in [4.69, 9.17) is 14.6 Å². The number of amides is 4. The van der Waals surface area contributed by atoms with Gasteiger partial charge in [-0.25, -0.2) is 9.48 Å². The number of pyridine rings is 1. The van der Waals surface area contributed by atoms with Crippen molar-refractivity contribution >= 4 is 40.1 Å². The zero-order chi connectivity index (χ0) is 37.4. The molecule has 0 radical (unpaired) electrons. The van der Waals surface area contributed by atoms with Crippen molar-refractivity contribution < 1.29 is 23.9 Å². The number of rotatable bonds is 12. The molecule has 276 valence electrons. The van der Waals surface area contributed by atoms with E-state index in [1.807, 2.05) is 61.5 Å². The number of urea groups is 1. The number of anilines is 2. The molecule has 5 aromatic rings. The Morgan fingerprint density at radius 3 is 2.38 bits per heavy atom. The maximum absolute atomic E-state index is 13.5. The molecule has 4 N–H and O–H groups in total. The predicted octanol–water partition coefficient (Wildman–Crippen LogP) is 5.57. The number of nitrogens with zero attached hydrogens (tertiary/aromatic N) is 4. The highest BCUT2D eigenvalue weighted by molar-refractivity contribution is 6.07. The van der Waals surface area contributed by atoms with E-state index in [1.54, 1.807) is 35.1 Å². The minimum atomic E-state index is -0.417. The molecule has 2 aromatic heterocycles. The third-order valence-electron chi connectivity index (χ3n) is 8.79. The first-order chi connectivity index (χ1) is 25.5. The van der Waals surface area contributed by atoms with Crippen molar-refractivity contribution in [1.82, 2.24) is 30.3 Å². The first kappa shape index (κ1) is 37.0. The van der Waals surface area contributed by atoms with Gasteiger partial charge in [0.15, 0.2) is 0 Å². The number of aromatic nitrogens is 3. The van der Waals surface area contributed by atoms with Gasteiger partial charge in [0.25, 0.3) is 0 Å². The van der Waals surface area contributed by atoms with Crippen LogP contribution in [0.3, 0.4) is 0 Å². The van der Waals surface area contributed by atoms with E-state index in [9.17, 15) is 14.4 Å². The molecule has 1 fully saturated rings. The Bertz CT molecular complexity index is 2070. The number of ether oxygens (including phenoxy) is 2. The maximum Gasteiger partial charge on any atom is 0.324 e. The number of hydrogen-bond acceptors (Lipinski definition) is 8. The van der Waals surface area contributed by atoms with Gasteiger partial charge in [0.05, 0.1) is 48.9 Å². The predicted molar refractivity (Wildman–Crippen MR) is 205 cm³/mol. The second kappa shape index (κ2) is 16.7. The van der Waals surface area contributed by atoms with Gasteiger partial charge in [-0.1, -0.05) is 62.7 Å². The third kappa shape index (κ3) is 9.96. The van der Waals surface area contributed by atoms with Gasteiger partial charge in [-0.3, -0.25) is 24.8 Å². The molecular formula is C40H46N8O5. The van der Waals surface area contributed by atoms with Gasteiger partial charge in [0.2, 0.25) is 11.8 Å². The van der Waals surface area contributed by atoms with Crippen molar-refractivity contribution in [2.24, 2.45) is 0 Å². The Morgan fingerprint density at radius 1 is 0.868 bits per heavy atom. The van der Waals surface area contributed by atoms with Gasteiger partial charge in [-0.2, -0.15) is 5.10 Å². The summed E-state index contributed by atoms with van der Waals surface area (Å²) in [5.41, 5.74) is 3.68. The fourth-order valence-electron chi connectivity index (χ4n) is 5.85. The molecule has 6 rings (SSSR count). The molecule has 1 aliphatic heterocycles. The fourth-order valence-corrected chi connectivity index (χ4v) is 5.85. The summed E-state index contributed by atoms with van der Waals surface area (Å²) >= 11 is 0. The molecule has 0 aliphatic carbocycles. The number of carbonyl (C=O) groups excluding carboxylic acids is 3. The topological polar surface area (TPSA) is 152 Å². The van der Waals surface area contributed by atoms with Crippen LogP contribution >= 0.6 is 0 Å². The maximum atomic E-state index is 13.5. The second-order valence-corrected chi connectivity index (χ2v) is 14.0. The van der Waals surface area contributed by atoms with Gasteiger partial charge in [0.1, 0.15) is 17.3 Å². The van der Waals surface area contributed by atoms with E-state index in [-0.39, 0.29) is 30.2 Å². The normalized spacial score (nSPS) is 13.4. The first-order valence-corrected chi connectivity index (χ1v) is 17.8. The van der Waals surface area contributed by atoms with Gasteiger partial charge in [-0.15, -0.1) is 0 Å². The Labute approximate surface area is 309 Å². The quantitative estimate of drug-likeness (QED) is 0.131. The number of fused-ring (bicyclic) bond motifs is 1. The van der Waals surface area contributed by atoms with Gasteiger partial charge >= 0.3 is 6.03 Å². The number of morpholine rings is 1. The highest BCUT2D eigenvalue weighted by Crippen LogP contribution is 2.35. The number of benzene rings is 3. The van der Waals surface area contributed by atoms with E-state index in [0.717, 1.165) is 47.4 Å². The monoisotopic (exact) mass is 718 g/mol. The SMILES string of the molecule is Cc1ccc(-n2nc(C(C)(C)C)cc2NC(=O)Nc2ccc(Oc3ccnc(CC(=O)NCC(=O)NCCN4CCOCC4)c3)c3ccccc23)cc1. The summed E-state index contributed by atoms with van der Waals surface area (Å²) in [7, 11) is 0. The standard InChI is InChI=1S/C40H46N8O5/c1-27-9-11-29(12-10-27)48-36(25-35(46-48)40(2,3)4)45-39(51)44-33-13-14-34(32-8-6-5-7-31(32)33)53-30-15-16-41-28(23-30)24-37(49)43-26-38(50)42-17-18-47-19-21-52-22-20-47/h5-16,23,25H,17-22,24,26H2,1-4H3,(H,42,50)(H,43,49)(H2,44,45,51). The largest absolute Gasteiger partial charge is 0.457 e. The van der Waals surface area contributed by atoms with Crippen molar-refractivity contribution in [1.29, 1.82) is 0 Å². The van der Waals surface area contributed by atoms with Gasteiger partial charge < -0.3 is 25.4 Å². The molecule has 13 nitrogen and oxygen atoms in total. The summed E-state index contributed by atoms with van der Waals surface area (Å²) in [6.45, 7) is 12.5. The molecular weight excluding hydrogens is 672 g/mol. The van der Waals surface area contributed by atoms with Gasteiger partial charge in [0, 0.05) is 60.7 Å². The summed E-state index contributed by atoms with van der Waals surface area (Å²) in [5, 5.41) is 17.9. The Hall–Kier alpha value is -5.79. The number of hydrogen-bond donors (Lipinski definition) is 4. The van der Waals surface area contributed by atoms with Crippen LogP contribution in [0.1, 0.15) is 37.7 Å². The molecule has 1 aliphatic rings. The number of nitrogens with one attached hydrogen (secondary N) is 4. The Kier molecular flexibility index (Phi) is 11.7. The Morgan fingerprint density at radius 2 is 1.62 bits per heavy atom. The summed E-state index contributed by atoms with van der Waals surface area (Å²) in [6, 6.07) is 24.0. The zero-order valence-corrected chi connectivity index (χ0v) is 30.6. The third-order valence-corrected chi connectivity index (χ3v) is 8.79. The molecule has 3 aromatic carbocycles. The van der Waals surface area contributed by atoms with Crippen LogP contribution in [-0.4, -0.2) is 83.4 Å². The average molecular weight is 719 g/mol. The lowest BCUT2D eigenvalue weighted by Gasteiger charge is -2.26. The van der Waals surface area contributed by atoms with Crippen LogP contribution in [0.25, 0.3) is 16.5 Å². The minimum absolute atomic E-state index is 0.0168. The molecule has 0 saturated carbocycles. The van der Waals surface area contributed by atoms with E-state index in [0.29, 0.717) is 48.5 Å². The zero-order valence-electron chi connectivity index (χ0n) is 30.6. The van der Waals surface area contributed by atoms with Crippen LogP contribution in [-0.2, 0) is 26.2 Å². The summed E-state index contributed by atoms with van der Waals surface area (Å²) < 4.78 is 13.4. The molecule has 0 unspecified atom stereocenters. The lowest BCUT2D eigenvalue weighted by molar-refractivity contribution is -0.125. The molecule has 4 amide bonds. The average Bonchev–Trinajstić information content (AvgIpc) is 3.57. The summed E-state index contributed by atoms with van der Waals surface area (Å²) in [6.07, 6.45) is 1.56. The number of aryl methyl sites for hydroxylation is 1. The van der Waals surface area contributed by atoms with Crippen molar-refractivity contribution in [2.45, 2.75) is 39.5 Å². The molecule has 0 atom stereocenters. The van der Waals surface area contributed by atoms with Crippen LogP contribution in [0.4, 0.5) is 16.3 Å². The first-order valence-electron chi connectivity index (χ1n) is 17.8. The lowest BCUT2D eigenvalue weighted by atomic mass is 9.92. The van der Waals surface area contributed by atoms with Crippen LogP contribution < -0.4 is 26.0 Å². The fraction of sp³-hybridized carbons (Fsp3) is 0.325. The van der Waals surface area contributed by atoms with Crippen molar-refractivity contribution in [3.8, 4) is 17.2 Å². The van der Waals surface area contributed by atoms with E-state index >= 15 is 0 Å². The van der Waals surface area contributed by atoms with E-state index in [2.05, 4.69) is 51.9 Å². The lowest BCUT2D eigenvalue weighted by Crippen LogP contribution is -2.43. The minimum Gasteiger partial charge on any atom is -0.457 e. The molecule has 3 heterocycles. The van der Waals surface area contributed by atoms with E-state index in [1.165, 1.54) is 0 Å². The molecule has 0 spiro atoms. The molecule has 0 bridgehead atoms. The second-order valence-electron chi connectivity index (χ2n) is 14.0. The smallest absolute Gasteiger partial charge is 0.324 e. The van der Waals surface area contributed by atoms with Crippen LogP contribution in [0.2, 0.25) is 0 Å². The molecule has 1 saturated heterocycles.